The highest BCUT2D eigenvalue weighted by Gasteiger charge is 2.44. The van der Waals surface area contributed by atoms with Crippen molar-refractivity contribution in [1.29, 1.82) is 0 Å². The Balaban J connectivity index is 1.96. The van der Waals surface area contributed by atoms with Crippen molar-refractivity contribution in [3.8, 4) is 0 Å². The summed E-state index contributed by atoms with van der Waals surface area (Å²) in [5.74, 6) is -1.48. The summed E-state index contributed by atoms with van der Waals surface area (Å²) >= 11 is 12.6. The van der Waals surface area contributed by atoms with Gasteiger partial charge in [0.2, 0.25) is 0 Å². The molecule has 0 aliphatic carbocycles. The lowest BCUT2D eigenvalue weighted by Crippen LogP contribution is -2.57. The zero-order valence-corrected chi connectivity index (χ0v) is 18.8. The van der Waals surface area contributed by atoms with E-state index in [9.17, 15) is 14.4 Å². The summed E-state index contributed by atoms with van der Waals surface area (Å²) in [6.45, 7) is 3.58. The van der Waals surface area contributed by atoms with E-state index in [1.165, 1.54) is 6.08 Å². The average Bonchev–Trinajstić information content (AvgIpc) is 2.75. The maximum atomic E-state index is 13.5. The van der Waals surface area contributed by atoms with Crippen molar-refractivity contribution in [3.63, 3.8) is 0 Å². The van der Waals surface area contributed by atoms with Gasteiger partial charge in [-0.1, -0.05) is 65.7 Å². The van der Waals surface area contributed by atoms with E-state index in [4.69, 9.17) is 23.2 Å². The fraction of sp³-hybridized carbons (Fsp3) is 0.0800. The van der Waals surface area contributed by atoms with Gasteiger partial charge in [0, 0.05) is 15.6 Å². The molecule has 0 radical (unpaired) electrons. The van der Waals surface area contributed by atoms with Gasteiger partial charge in [-0.3, -0.25) is 9.59 Å². The first-order chi connectivity index (χ1) is 15.3. The van der Waals surface area contributed by atoms with Crippen LogP contribution < -0.4 is 9.80 Å². The molecule has 0 atom stereocenters. The fourth-order valence-corrected chi connectivity index (χ4v) is 4.08. The Kier molecular flexibility index (Phi) is 5.87. The summed E-state index contributed by atoms with van der Waals surface area (Å²) in [4.78, 5) is 42.5. The van der Waals surface area contributed by atoms with Crippen LogP contribution in [0, 0.1) is 13.8 Å². The molecule has 4 rings (SSSR count). The summed E-state index contributed by atoms with van der Waals surface area (Å²) in [7, 11) is 0. The number of amides is 4. The second-order valence-electron chi connectivity index (χ2n) is 7.33. The molecule has 5 nitrogen and oxygen atoms in total. The van der Waals surface area contributed by atoms with Crippen LogP contribution in [0.5, 0.6) is 0 Å². The van der Waals surface area contributed by atoms with Gasteiger partial charge < -0.3 is 0 Å². The minimum atomic E-state index is -0.744. The van der Waals surface area contributed by atoms with E-state index in [0.29, 0.717) is 28.1 Å². The maximum absolute atomic E-state index is 13.5. The van der Waals surface area contributed by atoms with Crippen molar-refractivity contribution in [2.45, 2.75) is 13.8 Å². The molecule has 1 saturated heterocycles. The summed E-state index contributed by atoms with van der Waals surface area (Å²) in [5.41, 5.74) is 2.32. The zero-order valence-electron chi connectivity index (χ0n) is 17.3. The average molecular weight is 465 g/mol. The van der Waals surface area contributed by atoms with E-state index in [-0.39, 0.29) is 15.6 Å². The van der Waals surface area contributed by atoms with Crippen LogP contribution in [0.15, 0.2) is 72.3 Å². The van der Waals surface area contributed by atoms with Gasteiger partial charge in [-0.25, -0.2) is 14.6 Å². The summed E-state index contributed by atoms with van der Waals surface area (Å²) in [5, 5.41) is 0.569. The number of carbonyl (C=O) groups excluding carboxylic acids is 3. The number of imide groups is 2. The Morgan fingerprint density at radius 1 is 0.656 bits per heavy atom. The van der Waals surface area contributed by atoms with Crippen molar-refractivity contribution in [2.75, 3.05) is 9.80 Å². The van der Waals surface area contributed by atoms with Crippen LogP contribution in [0.2, 0.25) is 10.0 Å². The van der Waals surface area contributed by atoms with Crippen molar-refractivity contribution in [1.82, 2.24) is 0 Å². The number of carbonyl (C=O) groups is 3. The molecule has 1 aliphatic rings. The first-order valence-corrected chi connectivity index (χ1v) is 10.6. The van der Waals surface area contributed by atoms with E-state index < -0.39 is 17.8 Å². The number of hydrogen-bond donors (Lipinski definition) is 0. The summed E-state index contributed by atoms with van der Waals surface area (Å²) in [6, 6.07) is 18.1. The molecule has 0 bridgehead atoms. The minimum Gasteiger partial charge on any atom is -0.268 e. The standard InChI is InChI=1S/C25H18Cl2N2O3/c1-15-8-3-5-12-21(15)28-23(30)18(14-17-19(26)10-7-11-20(17)27)24(31)29(25(28)32)22-13-6-4-9-16(22)2/h3-14H,1-2H3. The van der Waals surface area contributed by atoms with Crippen molar-refractivity contribution >= 4 is 58.5 Å². The van der Waals surface area contributed by atoms with Gasteiger partial charge in [-0.15, -0.1) is 0 Å². The van der Waals surface area contributed by atoms with Crippen LogP contribution in [-0.4, -0.2) is 17.8 Å². The van der Waals surface area contributed by atoms with Crippen LogP contribution in [0.4, 0.5) is 16.2 Å². The van der Waals surface area contributed by atoms with Gasteiger partial charge in [-0.2, -0.15) is 0 Å². The Morgan fingerprint density at radius 2 is 1.09 bits per heavy atom. The van der Waals surface area contributed by atoms with Crippen molar-refractivity contribution in [2.24, 2.45) is 0 Å². The van der Waals surface area contributed by atoms with Gasteiger partial charge in [0.05, 0.1) is 11.4 Å². The number of anilines is 2. The number of halogens is 2. The molecule has 32 heavy (non-hydrogen) atoms. The van der Waals surface area contributed by atoms with Gasteiger partial charge in [-0.05, 0) is 55.3 Å². The largest absolute Gasteiger partial charge is 0.343 e. The fourth-order valence-electron chi connectivity index (χ4n) is 3.58. The van der Waals surface area contributed by atoms with Gasteiger partial charge in [0.15, 0.2) is 0 Å². The molecule has 7 heteroatoms. The Labute approximate surface area is 195 Å². The molecule has 3 aromatic carbocycles. The molecular weight excluding hydrogens is 447 g/mol. The lowest BCUT2D eigenvalue weighted by atomic mass is 10.0. The minimum absolute atomic E-state index is 0.217. The second-order valence-corrected chi connectivity index (χ2v) is 8.14. The van der Waals surface area contributed by atoms with Crippen LogP contribution >= 0.6 is 23.2 Å². The van der Waals surface area contributed by atoms with E-state index in [1.807, 2.05) is 12.1 Å². The first-order valence-electron chi connectivity index (χ1n) is 9.81. The van der Waals surface area contributed by atoms with Crippen LogP contribution in [0.25, 0.3) is 6.08 Å². The predicted molar refractivity (Wildman–Crippen MR) is 127 cm³/mol. The number of para-hydroxylation sites is 2. The Hall–Kier alpha value is -3.41. The predicted octanol–water partition coefficient (Wildman–Crippen LogP) is 6.19. The SMILES string of the molecule is Cc1ccccc1N1C(=O)C(=Cc2c(Cl)cccc2Cl)C(=O)N(c2ccccc2C)C1=O. The molecule has 3 aromatic rings. The highest BCUT2D eigenvalue weighted by atomic mass is 35.5. The molecule has 0 unspecified atom stereocenters. The molecule has 0 saturated carbocycles. The summed E-state index contributed by atoms with van der Waals surface area (Å²) in [6.07, 6.45) is 1.35. The van der Waals surface area contributed by atoms with Crippen LogP contribution in [0.1, 0.15) is 16.7 Å². The van der Waals surface area contributed by atoms with Gasteiger partial charge >= 0.3 is 6.03 Å². The molecule has 1 aliphatic heterocycles. The molecule has 1 heterocycles. The molecule has 1 fully saturated rings. The topological polar surface area (TPSA) is 57.7 Å². The lowest BCUT2D eigenvalue weighted by Gasteiger charge is -2.35. The van der Waals surface area contributed by atoms with Crippen LogP contribution in [-0.2, 0) is 9.59 Å². The number of barbiturate groups is 1. The van der Waals surface area contributed by atoms with E-state index >= 15 is 0 Å². The quantitative estimate of drug-likeness (QED) is 0.342. The third kappa shape index (κ3) is 3.70. The third-order valence-electron chi connectivity index (χ3n) is 5.25. The smallest absolute Gasteiger partial charge is 0.268 e. The molecule has 4 amide bonds. The van der Waals surface area contributed by atoms with E-state index in [2.05, 4.69) is 0 Å². The first kappa shape index (κ1) is 21.8. The van der Waals surface area contributed by atoms with E-state index in [1.54, 1.807) is 68.4 Å². The highest BCUT2D eigenvalue weighted by Crippen LogP contribution is 2.34. The molecule has 0 spiro atoms. The third-order valence-corrected chi connectivity index (χ3v) is 5.91. The second kappa shape index (κ2) is 8.61. The van der Waals surface area contributed by atoms with Crippen molar-refractivity contribution in [3.05, 3.63) is 99.0 Å². The van der Waals surface area contributed by atoms with E-state index in [0.717, 1.165) is 9.80 Å². The number of hydrogen-bond acceptors (Lipinski definition) is 3. The lowest BCUT2D eigenvalue weighted by molar-refractivity contribution is -0.121. The Bertz CT molecular complexity index is 1210. The monoisotopic (exact) mass is 464 g/mol. The highest BCUT2D eigenvalue weighted by molar-refractivity contribution is 6.47. The number of rotatable bonds is 3. The Morgan fingerprint density at radius 3 is 1.53 bits per heavy atom. The zero-order chi connectivity index (χ0) is 23.0. The normalized spacial score (nSPS) is 14.2. The molecule has 160 valence electrons. The number of urea groups is 1. The maximum Gasteiger partial charge on any atom is 0.343 e. The molecule has 0 aromatic heterocycles. The van der Waals surface area contributed by atoms with Crippen molar-refractivity contribution < 1.29 is 14.4 Å². The van der Waals surface area contributed by atoms with Gasteiger partial charge in [0.25, 0.3) is 11.8 Å². The molecular formula is C25H18Cl2N2O3. The number of aryl methyl sites for hydroxylation is 2. The van der Waals surface area contributed by atoms with Gasteiger partial charge in [0.1, 0.15) is 5.57 Å². The number of nitrogens with zero attached hydrogens (tertiary/aromatic N) is 2. The van der Waals surface area contributed by atoms with Crippen LogP contribution in [0.3, 0.4) is 0 Å². The number of benzene rings is 3. The molecule has 0 N–H and O–H groups in total. The summed E-state index contributed by atoms with van der Waals surface area (Å²) < 4.78 is 0.